The standard InChI is InChI=1S/C23H37N5O8/c1-3-18-20(17(29)15-36-18)25-21(31)16(14-19(30)27-6-4-5-7-27)24-22(28-8-10-34-11-9-28)26-23(32)35-13-12-33-2/h16,18,20H,3-15H2,1-2H3,(H,25,31)(H,24,26,32). The molecule has 3 fully saturated rings. The second-order valence-electron chi connectivity index (χ2n) is 8.82. The van der Waals surface area contributed by atoms with Crippen LogP contribution in [0.5, 0.6) is 0 Å². The van der Waals surface area contributed by atoms with E-state index in [1.165, 1.54) is 7.11 Å². The molecule has 0 saturated carbocycles. The summed E-state index contributed by atoms with van der Waals surface area (Å²) in [5.41, 5.74) is 0. The van der Waals surface area contributed by atoms with Gasteiger partial charge in [0.1, 0.15) is 25.3 Å². The van der Waals surface area contributed by atoms with E-state index in [1.807, 2.05) is 6.92 Å². The molecule has 3 unspecified atom stereocenters. The van der Waals surface area contributed by atoms with Crippen LogP contribution in [-0.4, -0.2) is 124 Å². The molecule has 3 amide bonds. The molecule has 13 nitrogen and oxygen atoms in total. The molecule has 202 valence electrons. The highest BCUT2D eigenvalue weighted by molar-refractivity contribution is 5.98. The molecule has 0 aromatic rings. The number of carbonyl (C=O) groups excluding carboxylic acids is 4. The van der Waals surface area contributed by atoms with Gasteiger partial charge in [0.15, 0.2) is 5.78 Å². The highest BCUT2D eigenvalue weighted by Crippen LogP contribution is 2.16. The number of Topliss-reactive ketones (excluding diaryl/α,β-unsaturated/α-hetero) is 1. The van der Waals surface area contributed by atoms with Crippen LogP contribution in [0.4, 0.5) is 4.79 Å². The molecule has 0 bridgehead atoms. The van der Waals surface area contributed by atoms with Crippen LogP contribution in [0.15, 0.2) is 4.99 Å². The Kier molecular flexibility index (Phi) is 10.9. The molecule has 13 heteroatoms. The fourth-order valence-corrected chi connectivity index (χ4v) is 4.28. The molecule has 3 heterocycles. The van der Waals surface area contributed by atoms with Crippen LogP contribution in [0.1, 0.15) is 32.6 Å². The molecule has 36 heavy (non-hydrogen) atoms. The summed E-state index contributed by atoms with van der Waals surface area (Å²) in [6, 6.07) is -1.97. The molecule has 3 saturated heterocycles. The SMILES string of the molecule is CCC1OCC(=O)C1NC(=O)C(CC(=O)N1CCCC1)N=C(NC(=O)OCCOC)N1CCOCC1. The zero-order valence-corrected chi connectivity index (χ0v) is 21.0. The quantitative estimate of drug-likeness (QED) is 0.233. The average molecular weight is 512 g/mol. The lowest BCUT2D eigenvalue weighted by Gasteiger charge is -2.30. The van der Waals surface area contributed by atoms with Gasteiger partial charge in [-0.3, -0.25) is 19.7 Å². The van der Waals surface area contributed by atoms with Gasteiger partial charge in [-0.25, -0.2) is 9.79 Å². The smallest absolute Gasteiger partial charge is 0.414 e. The van der Waals surface area contributed by atoms with Crippen LogP contribution >= 0.6 is 0 Å². The minimum Gasteiger partial charge on any atom is -0.447 e. The predicted octanol–water partition coefficient (Wildman–Crippen LogP) is -0.709. The Bertz CT molecular complexity index is 810. The average Bonchev–Trinajstić information content (AvgIpc) is 3.54. The third-order valence-electron chi connectivity index (χ3n) is 6.31. The van der Waals surface area contributed by atoms with Crippen molar-refractivity contribution in [3.63, 3.8) is 0 Å². The van der Waals surface area contributed by atoms with Gasteiger partial charge < -0.3 is 34.1 Å². The summed E-state index contributed by atoms with van der Waals surface area (Å²) in [5, 5.41) is 5.34. The molecular weight excluding hydrogens is 474 g/mol. The number of amides is 3. The van der Waals surface area contributed by atoms with Gasteiger partial charge in [-0.15, -0.1) is 0 Å². The van der Waals surface area contributed by atoms with Crippen LogP contribution in [-0.2, 0) is 33.3 Å². The Morgan fingerprint density at radius 2 is 1.83 bits per heavy atom. The van der Waals surface area contributed by atoms with E-state index in [9.17, 15) is 19.2 Å². The van der Waals surface area contributed by atoms with Crippen molar-refractivity contribution >= 4 is 29.7 Å². The Morgan fingerprint density at radius 1 is 1.11 bits per heavy atom. The third kappa shape index (κ3) is 7.87. The van der Waals surface area contributed by atoms with Gasteiger partial charge in [0, 0.05) is 33.3 Å². The number of carbonyl (C=O) groups is 4. The fourth-order valence-electron chi connectivity index (χ4n) is 4.28. The summed E-state index contributed by atoms with van der Waals surface area (Å²) >= 11 is 0. The molecule has 3 aliphatic heterocycles. The van der Waals surface area contributed by atoms with Crippen LogP contribution in [0.25, 0.3) is 0 Å². The lowest BCUT2D eigenvalue weighted by atomic mass is 10.1. The number of likely N-dealkylation sites (tertiary alicyclic amines) is 1. The first-order chi connectivity index (χ1) is 17.4. The summed E-state index contributed by atoms with van der Waals surface area (Å²) in [4.78, 5) is 59.0. The summed E-state index contributed by atoms with van der Waals surface area (Å²) in [6.07, 6.45) is 0.974. The number of hydrogen-bond acceptors (Lipinski definition) is 9. The maximum atomic E-state index is 13.4. The molecule has 0 aromatic carbocycles. The number of aliphatic imine (C=N–C) groups is 1. The van der Waals surface area contributed by atoms with Crippen molar-refractivity contribution in [3.8, 4) is 0 Å². The Balaban J connectivity index is 1.82. The number of nitrogens with one attached hydrogen (secondary N) is 2. The van der Waals surface area contributed by atoms with E-state index in [0.29, 0.717) is 45.8 Å². The van der Waals surface area contributed by atoms with Crippen molar-refractivity contribution in [2.75, 3.05) is 66.3 Å². The Hall–Kier alpha value is -2.77. The second-order valence-corrected chi connectivity index (χ2v) is 8.82. The first-order valence-electron chi connectivity index (χ1n) is 12.5. The van der Waals surface area contributed by atoms with Crippen molar-refractivity contribution in [3.05, 3.63) is 0 Å². The first kappa shape index (κ1) is 27.8. The predicted molar refractivity (Wildman–Crippen MR) is 127 cm³/mol. The van der Waals surface area contributed by atoms with Crippen LogP contribution in [0.3, 0.4) is 0 Å². The number of rotatable bonds is 9. The number of ketones is 1. The highest BCUT2D eigenvalue weighted by Gasteiger charge is 2.38. The summed E-state index contributed by atoms with van der Waals surface area (Å²) in [6.45, 7) is 5.00. The number of alkyl carbamates (subject to hydrolysis) is 1. The van der Waals surface area contributed by atoms with Gasteiger partial charge in [-0.05, 0) is 19.3 Å². The molecule has 0 aliphatic carbocycles. The van der Waals surface area contributed by atoms with Crippen molar-refractivity contribution in [1.82, 2.24) is 20.4 Å². The molecular formula is C23H37N5O8. The van der Waals surface area contributed by atoms with E-state index in [1.54, 1.807) is 9.80 Å². The number of hydrogen-bond donors (Lipinski definition) is 2. The van der Waals surface area contributed by atoms with Crippen molar-refractivity contribution < 1.29 is 38.1 Å². The molecule has 3 aliphatic rings. The van der Waals surface area contributed by atoms with E-state index in [-0.39, 0.29) is 43.9 Å². The maximum Gasteiger partial charge on any atom is 0.414 e. The van der Waals surface area contributed by atoms with Gasteiger partial charge in [-0.2, -0.15) is 0 Å². The minimum atomic E-state index is -1.17. The molecule has 2 N–H and O–H groups in total. The third-order valence-corrected chi connectivity index (χ3v) is 6.31. The lowest BCUT2D eigenvalue weighted by molar-refractivity contribution is -0.134. The van der Waals surface area contributed by atoms with E-state index in [0.717, 1.165) is 12.8 Å². The number of ether oxygens (including phenoxy) is 4. The molecule has 0 spiro atoms. The number of methoxy groups -OCH3 is 1. The highest BCUT2D eigenvalue weighted by atomic mass is 16.6. The molecule has 3 atom stereocenters. The van der Waals surface area contributed by atoms with Gasteiger partial charge in [0.25, 0.3) is 0 Å². The van der Waals surface area contributed by atoms with Crippen LogP contribution < -0.4 is 10.6 Å². The van der Waals surface area contributed by atoms with Crippen molar-refractivity contribution in [2.45, 2.75) is 50.8 Å². The van der Waals surface area contributed by atoms with Gasteiger partial charge >= 0.3 is 6.09 Å². The second kappa shape index (κ2) is 14.1. The van der Waals surface area contributed by atoms with Crippen LogP contribution in [0, 0.1) is 0 Å². The monoisotopic (exact) mass is 511 g/mol. The number of morpholine rings is 1. The van der Waals surface area contributed by atoms with Crippen molar-refractivity contribution in [2.24, 2.45) is 4.99 Å². The zero-order chi connectivity index (χ0) is 25.9. The van der Waals surface area contributed by atoms with Crippen molar-refractivity contribution in [1.29, 1.82) is 0 Å². The first-order valence-corrected chi connectivity index (χ1v) is 12.5. The number of nitrogens with zero attached hydrogens (tertiary/aromatic N) is 3. The lowest BCUT2D eigenvalue weighted by Crippen LogP contribution is -2.52. The maximum absolute atomic E-state index is 13.4. The summed E-state index contributed by atoms with van der Waals surface area (Å²) in [5.74, 6) is -0.903. The largest absolute Gasteiger partial charge is 0.447 e. The Labute approximate surface area is 210 Å². The van der Waals surface area contributed by atoms with Gasteiger partial charge in [0.05, 0.1) is 32.3 Å². The zero-order valence-electron chi connectivity index (χ0n) is 21.0. The summed E-state index contributed by atoms with van der Waals surface area (Å²) in [7, 11) is 1.49. The minimum absolute atomic E-state index is 0.0400. The van der Waals surface area contributed by atoms with Gasteiger partial charge in [-0.1, -0.05) is 6.92 Å². The van der Waals surface area contributed by atoms with E-state index in [4.69, 9.17) is 18.9 Å². The van der Waals surface area contributed by atoms with E-state index in [2.05, 4.69) is 15.6 Å². The Morgan fingerprint density at radius 3 is 2.50 bits per heavy atom. The number of guanidine groups is 1. The summed E-state index contributed by atoms with van der Waals surface area (Å²) < 4.78 is 20.9. The van der Waals surface area contributed by atoms with E-state index < -0.39 is 30.2 Å². The van der Waals surface area contributed by atoms with Gasteiger partial charge in [0.2, 0.25) is 17.8 Å². The normalized spacial score (nSPS) is 23.5. The topological polar surface area (TPSA) is 148 Å². The molecule has 3 rings (SSSR count). The van der Waals surface area contributed by atoms with E-state index >= 15 is 0 Å². The fraction of sp³-hybridized carbons (Fsp3) is 0.783. The molecule has 0 aromatic heterocycles. The van der Waals surface area contributed by atoms with Crippen LogP contribution in [0.2, 0.25) is 0 Å². The molecule has 0 radical (unpaired) electrons.